The van der Waals surface area contributed by atoms with Crippen molar-refractivity contribution >= 4 is 28.6 Å². The normalized spacial score (nSPS) is 10.9. The Hall–Kier alpha value is -4.14. The second-order valence-electron chi connectivity index (χ2n) is 6.92. The van der Waals surface area contributed by atoms with Gasteiger partial charge in [0, 0.05) is 32.4 Å². The predicted octanol–water partition coefficient (Wildman–Crippen LogP) is 1.58. The summed E-state index contributed by atoms with van der Waals surface area (Å²) in [5.74, 6) is -0.0188. The van der Waals surface area contributed by atoms with Crippen LogP contribution in [0.1, 0.15) is 10.4 Å². The molecule has 3 N–H and O–H groups in total. The van der Waals surface area contributed by atoms with Gasteiger partial charge in [-0.05, 0) is 42.5 Å². The lowest BCUT2D eigenvalue weighted by atomic mass is 10.2. The van der Waals surface area contributed by atoms with Gasteiger partial charge in [0.2, 0.25) is 0 Å². The summed E-state index contributed by atoms with van der Waals surface area (Å²) in [5.41, 5.74) is 9.26. The number of nitrogens with zero attached hydrogens (tertiary/aromatic N) is 5. The SMILES string of the molecule is CNC(=O)c1ccc(-n2c(=O)n(-c3cccc(N(C)C)c3)c3ncnc(N)c32)cc1. The van der Waals surface area contributed by atoms with Gasteiger partial charge in [0.15, 0.2) is 11.5 Å². The Bertz CT molecular complexity index is 1300. The Morgan fingerprint density at radius 1 is 1.03 bits per heavy atom. The van der Waals surface area contributed by atoms with E-state index in [1.807, 2.05) is 43.3 Å². The molecule has 0 fully saturated rings. The van der Waals surface area contributed by atoms with Crippen LogP contribution in [0, 0.1) is 0 Å². The van der Waals surface area contributed by atoms with E-state index in [9.17, 15) is 9.59 Å². The highest BCUT2D eigenvalue weighted by Gasteiger charge is 2.20. The molecule has 0 saturated heterocycles. The monoisotopic (exact) mass is 403 g/mol. The molecule has 0 saturated carbocycles. The van der Waals surface area contributed by atoms with E-state index in [1.54, 1.807) is 31.3 Å². The number of carbonyl (C=O) groups excluding carboxylic acids is 1. The topological polar surface area (TPSA) is 111 Å². The smallest absolute Gasteiger partial charge is 0.339 e. The zero-order valence-electron chi connectivity index (χ0n) is 16.8. The van der Waals surface area contributed by atoms with Gasteiger partial charge in [-0.1, -0.05) is 6.07 Å². The van der Waals surface area contributed by atoms with Gasteiger partial charge in [-0.3, -0.25) is 9.36 Å². The summed E-state index contributed by atoms with van der Waals surface area (Å²) in [6.07, 6.45) is 1.34. The zero-order valence-corrected chi connectivity index (χ0v) is 16.8. The van der Waals surface area contributed by atoms with E-state index in [0.717, 1.165) is 5.69 Å². The summed E-state index contributed by atoms with van der Waals surface area (Å²) in [5, 5.41) is 2.58. The van der Waals surface area contributed by atoms with Crippen molar-refractivity contribution in [3.8, 4) is 11.4 Å². The third-order valence-electron chi connectivity index (χ3n) is 4.87. The molecule has 2 heterocycles. The van der Waals surface area contributed by atoms with Crippen LogP contribution in [-0.2, 0) is 0 Å². The van der Waals surface area contributed by atoms with E-state index < -0.39 is 0 Å². The van der Waals surface area contributed by atoms with Crippen molar-refractivity contribution in [1.29, 1.82) is 0 Å². The molecular formula is C21H21N7O2. The summed E-state index contributed by atoms with van der Waals surface area (Å²) in [6, 6.07) is 14.3. The van der Waals surface area contributed by atoms with Crippen molar-refractivity contribution in [2.24, 2.45) is 0 Å². The molecule has 0 aliphatic carbocycles. The van der Waals surface area contributed by atoms with Gasteiger partial charge in [-0.25, -0.2) is 19.3 Å². The molecule has 9 nitrogen and oxygen atoms in total. The van der Waals surface area contributed by atoms with Gasteiger partial charge in [0.25, 0.3) is 5.91 Å². The van der Waals surface area contributed by atoms with Crippen LogP contribution < -0.4 is 21.6 Å². The molecule has 0 aliphatic heterocycles. The molecule has 30 heavy (non-hydrogen) atoms. The van der Waals surface area contributed by atoms with Crippen molar-refractivity contribution in [3.63, 3.8) is 0 Å². The molecule has 0 radical (unpaired) electrons. The minimum absolute atomic E-state index is 0.190. The lowest BCUT2D eigenvalue weighted by Crippen LogP contribution is -2.23. The van der Waals surface area contributed by atoms with Gasteiger partial charge in [-0.2, -0.15) is 0 Å². The van der Waals surface area contributed by atoms with Crippen molar-refractivity contribution in [3.05, 3.63) is 70.9 Å². The maximum Gasteiger partial charge on any atom is 0.339 e. The first kappa shape index (κ1) is 19.2. The van der Waals surface area contributed by atoms with Crippen molar-refractivity contribution in [1.82, 2.24) is 24.4 Å². The van der Waals surface area contributed by atoms with E-state index >= 15 is 0 Å². The van der Waals surface area contributed by atoms with Crippen LogP contribution in [0.15, 0.2) is 59.7 Å². The van der Waals surface area contributed by atoms with Crippen molar-refractivity contribution < 1.29 is 4.79 Å². The van der Waals surface area contributed by atoms with Crippen LogP contribution in [0.5, 0.6) is 0 Å². The zero-order chi connectivity index (χ0) is 21.4. The van der Waals surface area contributed by atoms with Crippen LogP contribution in [0.4, 0.5) is 11.5 Å². The quantitative estimate of drug-likeness (QED) is 0.535. The molecule has 152 valence electrons. The molecule has 1 amide bonds. The Kier molecular flexibility index (Phi) is 4.71. The third-order valence-corrected chi connectivity index (χ3v) is 4.87. The van der Waals surface area contributed by atoms with Gasteiger partial charge < -0.3 is 16.0 Å². The Morgan fingerprint density at radius 3 is 2.43 bits per heavy atom. The lowest BCUT2D eigenvalue weighted by molar-refractivity contribution is 0.0963. The molecule has 0 bridgehead atoms. The second kappa shape index (κ2) is 7.36. The van der Waals surface area contributed by atoms with E-state index in [4.69, 9.17) is 5.73 Å². The Balaban J connectivity index is 1.99. The first-order valence-electron chi connectivity index (χ1n) is 9.26. The number of imidazole rings is 1. The second-order valence-corrected chi connectivity index (χ2v) is 6.92. The minimum atomic E-state index is -0.333. The maximum atomic E-state index is 13.5. The first-order valence-corrected chi connectivity index (χ1v) is 9.26. The van der Waals surface area contributed by atoms with Gasteiger partial charge in [0.1, 0.15) is 11.8 Å². The number of anilines is 2. The number of nitrogens with one attached hydrogen (secondary N) is 1. The van der Waals surface area contributed by atoms with E-state index in [2.05, 4.69) is 15.3 Å². The fourth-order valence-electron chi connectivity index (χ4n) is 3.34. The highest BCUT2D eigenvalue weighted by atomic mass is 16.2. The summed E-state index contributed by atoms with van der Waals surface area (Å²) < 4.78 is 2.97. The Morgan fingerprint density at radius 2 is 1.77 bits per heavy atom. The number of hydrogen-bond donors (Lipinski definition) is 2. The fourth-order valence-corrected chi connectivity index (χ4v) is 3.34. The number of rotatable bonds is 4. The summed E-state index contributed by atoms with van der Waals surface area (Å²) in [7, 11) is 5.42. The molecule has 0 spiro atoms. The minimum Gasteiger partial charge on any atom is -0.382 e. The lowest BCUT2D eigenvalue weighted by Gasteiger charge is -2.13. The van der Waals surface area contributed by atoms with Crippen LogP contribution in [0.25, 0.3) is 22.5 Å². The van der Waals surface area contributed by atoms with Crippen LogP contribution in [0.2, 0.25) is 0 Å². The largest absolute Gasteiger partial charge is 0.382 e. The van der Waals surface area contributed by atoms with E-state index in [-0.39, 0.29) is 17.4 Å². The van der Waals surface area contributed by atoms with Gasteiger partial charge >= 0.3 is 5.69 Å². The standard InChI is InChI=1S/C21H21N7O2/c1-23-20(29)13-7-9-14(10-8-13)27-17-18(22)24-12-25-19(17)28(21(27)30)16-6-4-5-15(11-16)26(2)3/h4-12H,1-3H3,(H,23,29)(H2,22,24,25). The Labute approximate surface area is 172 Å². The number of nitrogens with two attached hydrogens (primary N) is 1. The van der Waals surface area contributed by atoms with Crippen molar-refractivity contribution in [2.45, 2.75) is 0 Å². The molecule has 4 aromatic rings. The molecule has 0 unspecified atom stereocenters. The molecule has 2 aromatic carbocycles. The highest BCUT2D eigenvalue weighted by molar-refractivity contribution is 5.94. The third kappa shape index (κ3) is 3.06. The molecule has 9 heteroatoms. The summed E-state index contributed by atoms with van der Waals surface area (Å²) >= 11 is 0. The summed E-state index contributed by atoms with van der Waals surface area (Å²) in [4.78, 5) is 35.7. The molecular weight excluding hydrogens is 382 g/mol. The average Bonchev–Trinajstić information content (AvgIpc) is 3.06. The fraction of sp³-hybridized carbons (Fsp3) is 0.143. The van der Waals surface area contributed by atoms with E-state index in [1.165, 1.54) is 15.5 Å². The average molecular weight is 403 g/mol. The van der Waals surface area contributed by atoms with Crippen LogP contribution in [-0.4, -0.2) is 46.2 Å². The summed E-state index contributed by atoms with van der Waals surface area (Å²) in [6.45, 7) is 0. The maximum absolute atomic E-state index is 13.5. The number of amides is 1. The van der Waals surface area contributed by atoms with Crippen LogP contribution in [0.3, 0.4) is 0 Å². The number of fused-ring (bicyclic) bond motifs is 1. The van der Waals surface area contributed by atoms with Gasteiger partial charge in [-0.15, -0.1) is 0 Å². The van der Waals surface area contributed by atoms with Crippen molar-refractivity contribution in [2.75, 3.05) is 31.8 Å². The highest BCUT2D eigenvalue weighted by Crippen LogP contribution is 2.24. The predicted molar refractivity (Wildman–Crippen MR) is 117 cm³/mol. The molecule has 0 atom stereocenters. The molecule has 0 aliphatic rings. The van der Waals surface area contributed by atoms with Crippen LogP contribution >= 0.6 is 0 Å². The number of carbonyl (C=O) groups is 1. The number of hydrogen-bond acceptors (Lipinski definition) is 6. The number of benzene rings is 2. The first-order chi connectivity index (χ1) is 14.4. The number of aromatic nitrogens is 4. The number of nitrogen functional groups attached to an aromatic ring is 1. The molecule has 2 aromatic heterocycles. The van der Waals surface area contributed by atoms with Gasteiger partial charge in [0.05, 0.1) is 11.4 Å². The van der Waals surface area contributed by atoms with E-state index in [0.29, 0.717) is 28.1 Å². The molecule has 4 rings (SSSR count).